The van der Waals surface area contributed by atoms with Crippen molar-refractivity contribution in [2.45, 2.75) is 39.3 Å². The zero-order valence-electron chi connectivity index (χ0n) is 11.1. The van der Waals surface area contributed by atoms with E-state index in [2.05, 4.69) is 26.8 Å². The minimum Gasteiger partial charge on any atom is -0.443 e. The lowest BCUT2D eigenvalue weighted by atomic mass is 10.1. The standard InChI is InChI=1S/C13H19BrN2O2/c1-9(10-5-7-11(14)8-6-10)15-16-12(17)18-13(2,3)4/h5-9,15H,1-4H3,(H,16,17)/t9-/m0/s1. The van der Waals surface area contributed by atoms with Crippen molar-refractivity contribution in [1.82, 2.24) is 10.9 Å². The Bertz CT molecular complexity index is 398. The first-order chi connectivity index (χ1) is 8.28. The second kappa shape index (κ2) is 6.20. The maximum absolute atomic E-state index is 11.4. The third-order valence-corrected chi connectivity index (χ3v) is 2.69. The van der Waals surface area contributed by atoms with Gasteiger partial charge in [0, 0.05) is 10.5 Å². The summed E-state index contributed by atoms with van der Waals surface area (Å²) < 4.78 is 6.15. The average molecular weight is 315 g/mol. The van der Waals surface area contributed by atoms with Gasteiger partial charge in [-0.1, -0.05) is 28.1 Å². The van der Waals surface area contributed by atoms with E-state index in [0.29, 0.717) is 0 Å². The Morgan fingerprint density at radius 2 is 1.83 bits per heavy atom. The lowest BCUT2D eigenvalue weighted by molar-refractivity contribution is 0.0489. The van der Waals surface area contributed by atoms with Gasteiger partial charge in [-0.05, 0) is 45.4 Å². The highest BCUT2D eigenvalue weighted by molar-refractivity contribution is 9.10. The highest BCUT2D eigenvalue weighted by Gasteiger charge is 2.16. The lowest BCUT2D eigenvalue weighted by Gasteiger charge is -2.21. The first-order valence-electron chi connectivity index (χ1n) is 5.78. The molecule has 1 aromatic rings. The van der Waals surface area contributed by atoms with Crippen LogP contribution in [0.2, 0.25) is 0 Å². The number of rotatable bonds is 3. The molecule has 0 radical (unpaired) electrons. The fourth-order valence-corrected chi connectivity index (χ4v) is 1.57. The van der Waals surface area contributed by atoms with Crippen LogP contribution >= 0.6 is 15.9 Å². The first kappa shape index (κ1) is 15.0. The molecule has 1 atom stereocenters. The van der Waals surface area contributed by atoms with Crippen molar-refractivity contribution in [2.24, 2.45) is 0 Å². The SMILES string of the molecule is C[C@H](NNC(=O)OC(C)(C)C)c1ccc(Br)cc1. The van der Waals surface area contributed by atoms with E-state index in [1.807, 2.05) is 52.0 Å². The molecule has 0 spiro atoms. The van der Waals surface area contributed by atoms with Crippen molar-refractivity contribution in [3.05, 3.63) is 34.3 Å². The van der Waals surface area contributed by atoms with Gasteiger partial charge in [-0.15, -0.1) is 0 Å². The second-order valence-corrected chi connectivity index (χ2v) is 5.96. The molecule has 0 bridgehead atoms. The lowest BCUT2D eigenvalue weighted by Crippen LogP contribution is -2.42. The average Bonchev–Trinajstić information content (AvgIpc) is 2.24. The Kier molecular flexibility index (Phi) is 5.16. The molecule has 2 N–H and O–H groups in total. The summed E-state index contributed by atoms with van der Waals surface area (Å²) >= 11 is 3.38. The van der Waals surface area contributed by atoms with Crippen LogP contribution < -0.4 is 10.9 Å². The molecular formula is C13H19BrN2O2. The molecule has 18 heavy (non-hydrogen) atoms. The highest BCUT2D eigenvalue weighted by Crippen LogP contribution is 2.16. The van der Waals surface area contributed by atoms with Gasteiger partial charge in [-0.2, -0.15) is 0 Å². The molecule has 1 rings (SSSR count). The van der Waals surface area contributed by atoms with Crippen LogP contribution in [-0.4, -0.2) is 11.7 Å². The van der Waals surface area contributed by atoms with E-state index < -0.39 is 11.7 Å². The van der Waals surface area contributed by atoms with E-state index in [1.54, 1.807) is 0 Å². The van der Waals surface area contributed by atoms with E-state index in [0.717, 1.165) is 10.0 Å². The molecular weight excluding hydrogens is 296 g/mol. The number of benzene rings is 1. The van der Waals surface area contributed by atoms with Crippen molar-refractivity contribution in [3.63, 3.8) is 0 Å². The third kappa shape index (κ3) is 5.51. The van der Waals surface area contributed by atoms with Crippen molar-refractivity contribution in [1.29, 1.82) is 0 Å². The highest BCUT2D eigenvalue weighted by atomic mass is 79.9. The number of hydrogen-bond donors (Lipinski definition) is 2. The summed E-state index contributed by atoms with van der Waals surface area (Å²) in [7, 11) is 0. The number of halogens is 1. The summed E-state index contributed by atoms with van der Waals surface area (Å²) in [6.45, 7) is 7.43. The molecule has 100 valence electrons. The predicted molar refractivity (Wildman–Crippen MR) is 75.1 cm³/mol. The van der Waals surface area contributed by atoms with Crippen LogP contribution in [-0.2, 0) is 4.74 Å². The normalized spacial score (nSPS) is 12.9. The predicted octanol–water partition coefficient (Wildman–Crippen LogP) is 3.54. The summed E-state index contributed by atoms with van der Waals surface area (Å²) in [5, 5.41) is 0. The van der Waals surface area contributed by atoms with Crippen LogP contribution in [0.3, 0.4) is 0 Å². The molecule has 0 aliphatic rings. The van der Waals surface area contributed by atoms with E-state index in [1.165, 1.54) is 0 Å². The number of carbonyl (C=O) groups excluding carboxylic acids is 1. The fourth-order valence-electron chi connectivity index (χ4n) is 1.31. The first-order valence-corrected chi connectivity index (χ1v) is 6.57. The molecule has 0 saturated carbocycles. The van der Waals surface area contributed by atoms with Crippen molar-refractivity contribution in [2.75, 3.05) is 0 Å². The van der Waals surface area contributed by atoms with Crippen LogP contribution in [0.15, 0.2) is 28.7 Å². The largest absolute Gasteiger partial charge is 0.443 e. The van der Waals surface area contributed by atoms with Gasteiger partial charge in [0.1, 0.15) is 5.60 Å². The fraction of sp³-hybridized carbons (Fsp3) is 0.462. The number of hydrazine groups is 1. The van der Waals surface area contributed by atoms with E-state index in [9.17, 15) is 4.79 Å². The molecule has 0 aromatic heterocycles. The minimum atomic E-state index is -0.493. The monoisotopic (exact) mass is 314 g/mol. The van der Waals surface area contributed by atoms with Gasteiger partial charge in [0.15, 0.2) is 0 Å². The molecule has 5 heteroatoms. The number of ether oxygens (including phenoxy) is 1. The summed E-state index contributed by atoms with van der Waals surface area (Å²) in [6.07, 6.45) is -0.480. The summed E-state index contributed by atoms with van der Waals surface area (Å²) in [6, 6.07) is 7.89. The molecule has 0 fully saturated rings. The van der Waals surface area contributed by atoms with Gasteiger partial charge in [0.05, 0.1) is 0 Å². The van der Waals surface area contributed by atoms with E-state index in [4.69, 9.17) is 4.74 Å². The maximum Gasteiger partial charge on any atom is 0.422 e. The Morgan fingerprint density at radius 1 is 1.28 bits per heavy atom. The minimum absolute atomic E-state index is 0.00520. The smallest absolute Gasteiger partial charge is 0.422 e. The Hall–Kier alpha value is -1.07. The van der Waals surface area contributed by atoms with Crippen molar-refractivity contribution >= 4 is 22.0 Å². The van der Waals surface area contributed by atoms with E-state index >= 15 is 0 Å². The molecule has 0 aliphatic heterocycles. The molecule has 1 amide bonds. The van der Waals surface area contributed by atoms with Crippen LogP contribution in [0.25, 0.3) is 0 Å². The molecule has 0 unspecified atom stereocenters. The quantitative estimate of drug-likeness (QED) is 0.839. The number of amides is 1. The van der Waals surface area contributed by atoms with Gasteiger partial charge >= 0.3 is 6.09 Å². The van der Waals surface area contributed by atoms with Gasteiger partial charge in [0.25, 0.3) is 0 Å². The van der Waals surface area contributed by atoms with Crippen LogP contribution in [0, 0.1) is 0 Å². The van der Waals surface area contributed by atoms with Gasteiger partial charge < -0.3 is 4.74 Å². The maximum atomic E-state index is 11.4. The van der Waals surface area contributed by atoms with E-state index in [-0.39, 0.29) is 6.04 Å². The Balaban J connectivity index is 2.44. The number of nitrogens with one attached hydrogen (secondary N) is 2. The van der Waals surface area contributed by atoms with Crippen molar-refractivity contribution < 1.29 is 9.53 Å². The molecule has 1 aromatic carbocycles. The Labute approximate surface area is 116 Å². The van der Waals surface area contributed by atoms with Crippen LogP contribution in [0.4, 0.5) is 4.79 Å². The Morgan fingerprint density at radius 3 is 2.33 bits per heavy atom. The number of carbonyl (C=O) groups is 1. The van der Waals surface area contributed by atoms with Gasteiger partial charge in [-0.25, -0.2) is 10.2 Å². The van der Waals surface area contributed by atoms with Crippen LogP contribution in [0.1, 0.15) is 39.3 Å². The molecule has 0 saturated heterocycles. The number of hydrogen-bond acceptors (Lipinski definition) is 3. The topological polar surface area (TPSA) is 50.4 Å². The summed E-state index contributed by atoms with van der Waals surface area (Å²) in [5.74, 6) is 0. The van der Waals surface area contributed by atoms with Gasteiger partial charge in [-0.3, -0.25) is 5.43 Å². The molecule has 0 aliphatic carbocycles. The van der Waals surface area contributed by atoms with Gasteiger partial charge in [0.2, 0.25) is 0 Å². The zero-order valence-corrected chi connectivity index (χ0v) is 12.7. The molecule has 4 nitrogen and oxygen atoms in total. The summed E-state index contributed by atoms with van der Waals surface area (Å²) in [4.78, 5) is 11.4. The zero-order chi connectivity index (χ0) is 13.8. The third-order valence-electron chi connectivity index (χ3n) is 2.16. The molecule has 0 heterocycles. The summed E-state index contributed by atoms with van der Waals surface area (Å²) in [5.41, 5.74) is 6.01. The van der Waals surface area contributed by atoms with Crippen molar-refractivity contribution in [3.8, 4) is 0 Å². The second-order valence-electron chi connectivity index (χ2n) is 5.04. The van der Waals surface area contributed by atoms with Crippen LogP contribution in [0.5, 0.6) is 0 Å².